The van der Waals surface area contributed by atoms with E-state index in [0.717, 1.165) is 12.8 Å². The zero-order valence-corrected chi connectivity index (χ0v) is 18.0. The fourth-order valence-corrected chi connectivity index (χ4v) is 4.70. The third-order valence-electron chi connectivity index (χ3n) is 6.59. The van der Waals surface area contributed by atoms with Crippen molar-refractivity contribution in [2.75, 3.05) is 0 Å². The number of carboxylic acid groups (broad SMARTS) is 1. The largest absolute Gasteiger partial charge is 0.481 e. The van der Waals surface area contributed by atoms with Gasteiger partial charge in [-0.1, -0.05) is 50.3 Å². The van der Waals surface area contributed by atoms with Crippen molar-refractivity contribution in [2.24, 2.45) is 16.7 Å². The first-order valence-electron chi connectivity index (χ1n) is 10.7. The number of carboxylic acids is 1. The average Bonchev–Trinajstić information content (AvgIpc) is 3.65. The van der Waals surface area contributed by atoms with E-state index in [0.29, 0.717) is 17.1 Å². The monoisotopic (exact) mass is 431 g/mol. The van der Waals surface area contributed by atoms with Crippen LogP contribution in [0.1, 0.15) is 38.2 Å². The topological polar surface area (TPSA) is 96.6 Å². The van der Waals surface area contributed by atoms with Crippen LogP contribution in [0.25, 0.3) is 0 Å². The number of allylic oxidation sites excluding steroid dienone is 1. The van der Waals surface area contributed by atoms with Crippen molar-refractivity contribution in [2.45, 2.75) is 38.7 Å². The van der Waals surface area contributed by atoms with Crippen LogP contribution in [-0.2, 0) is 14.3 Å². The Kier molecular flexibility index (Phi) is 5.52. The summed E-state index contributed by atoms with van der Waals surface area (Å²) in [7, 11) is 0. The van der Waals surface area contributed by atoms with Crippen LogP contribution >= 0.6 is 0 Å². The minimum Gasteiger partial charge on any atom is -0.481 e. The number of hydrogen-bond donors (Lipinski definition) is 1. The van der Waals surface area contributed by atoms with Crippen LogP contribution in [0.3, 0.4) is 0 Å². The molecule has 164 valence electrons. The van der Waals surface area contributed by atoms with Crippen molar-refractivity contribution >= 4 is 11.9 Å². The minimum absolute atomic E-state index is 0.0252. The summed E-state index contributed by atoms with van der Waals surface area (Å²) in [5.74, 6) is -1.79. The van der Waals surface area contributed by atoms with Crippen molar-refractivity contribution in [1.29, 1.82) is 5.26 Å². The first kappa shape index (κ1) is 21.6. The maximum atomic E-state index is 12.6. The Labute approximate surface area is 187 Å². The first-order chi connectivity index (χ1) is 15.3. The molecule has 2 aromatic rings. The van der Waals surface area contributed by atoms with E-state index in [-0.39, 0.29) is 6.10 Å². The summed E-state index contributed by atoms with van der Waals surface area (Å²) >= 11 is 0. The maximum absolute atomic E-state index is 12.6. The second kappa shape index (κ2) is 8.16. The summed E-state index contributed by atoms with van der Waals surface area (Å²) in [6, 6.07) is 18.4. The van der Waals surface area contributed by atoms with Gasteiger partial charge in [0.25, 0.3) is 0 Å². The lowest BCUT2D eigenvalue weighted by Crippen LogP contribution is -2.28. The maximum Gasteiger partial charge on any atom is 0.330 e. The van der Waals surface area contributed by atoms with Crippen LogP contribution in [-0.4, -0.2) is 23.1 Å². The van der Waals surface area contributed by atoms with E-state index in [2.05, 4.69) is 6.07 Å². The van der Waals surface area contributed by atoms with Gasteiger partial charge in [0.15, 0.2) is 0 Å². The molecule has 2 aliphatic carbocycles. The smallest absolute Gasteiger partial charge is 0.330 e. The average molecular weight is 431 g/mol. The second-order valence-electron chi connectivity index (χ2n) is 8.92. The fourth-order valence-electron chi connectivity index (χ4n) is 4.70. The lowest BCUT2D eigenvalue weighted by molar-refractivity contribution is -0.145. The van der Waals surface area contributed by atoms with Crippen LogP contribution in [0.5, 0.6) is 11.5 Å². The Balaban J connectivity index is 1.63. The van der Waals surface area contributed by atoms with Gasteiger partial charge < -0.3 is 14.6 Å². The highest BCUT2D eigenvalue weighted by Crippen LogP contribution is 2.75. The van der Waals surface area contributed by atoms with Crippen molar-refractivity contribution in [3.63, 3.8) is 0 Å². The Morgan fingerprint density at radius 3 is 2.44 bits per heavy atom. The standard InChI is InChI=1S/C26H25NO5/c1-25(2)22(13-14-23(28)32-19-11-12-19)26(25,24(29)30)21(16-27)17-7-6-10-20(15-17)31-18-8-4-3-5-9-18/h3-10,13-15,19,21-22H,11-12H2,1-2H3,(H,29,30)/b14-13-/t21-,22-,26+/m0/s1. The molecular weight excluding hydrogens is 406 g/mol. The molecule has 0 heterocycles. The molecule has 0 saturated heterocycles. The molecule has 2 saturated carbocycles. The highest BCUT2D eigenvalue weighted by molar-refractivity contribution is 5.86. The third kappa shape index (κ3) is 3.75. The van der Waals surface area contributed by atoms with E-state index < -0.39 is 34.6 Å². The highest BCUT2D eigenvalue weighted by atomic mass is 16.5. The second-order valence-corrected chi connectivity index (χ2v) is 8.92. The summed E-state index contributed by atoms with van der Waals surface area (Å²) in [5.41, 5.74) is -1.54. The van der Waals surface area contributed by atoms with Crippen LogP contribution in [0.15, 0.2) is 66.7 Å². The molecule has 2 aliphatic rings. The molecule has 2 fully saturated rings. The molecule has 0 aromatic heterocycles. The van der Waals surface area contributed by atoms with Gasteiger partial charge in [0.2, 0.25) is 0 Å². The van der Waals surface area contributed by atoms with Crippen molar-refractivity contribution in [3.05, 3.63) is 72.3 Å². The molecule has 0 radical (unpaired) electrons. The molecular formula is C26H25NO5. The molecule has 6 heteroatoms. The van der Waals surface area contributed by atoms with Crippen LogP contribution in [0, 0.1) is 28.1 Å². The predicted molar refractivity (Wildman–Crippen MR) is 117 cm³/mol. The Morgan fingerprint density at radius 2 is 1.81 bits per heavy atom. The number of esters is 1. The molecule has 0 aliphatic heterocycles. The van der Waals surface area contributed by atoms with Crippen molar-refractivity contribution < 1.29 is 24.2 Å². The highest BCUT2D eigenvalue weighted by Gasteiger charge is 2.78. The molecule has 6 nitrogen and oxygen atoms in total. The summed E-state index contributed by atoms with van der Waals surface area (Å²) in [4.78, 5) is 24.6. The summed E-state index contributed by atoms with van der Waals surface area (Å²) < 4.78 is 11.1. The summed E-state index contributed by atoms with van der Waals surface area (Å²) in [6.45, 7) is 3.63. The third-order valence-corrected chi connectivity index (χ3v) is 6.59. The molecule has 1 N–H and O–H groups in total. The minimum atomic E-state index is -1.37. The molecule has 0 unspecified atom stereocenters. The van der Waals surface area contributed by atoms with Gasteiger partial charge in [-0.3, -0.25) is 4.79 Å². The Hall–Kier alpha value is -3.59. The predicted octanol–water partition coefficient (Wildman–Crippen LogP) is 5.07. The molecule has 0 spiro atoms. The van der Waals surface area contributed by atoms with E-state index in [1.165, 1.54) is 6.08 Å². The van der Waals surface area contributed by atoms with Gasteiger partial charge in [-0.15, -0.1) is 0 Å². The normalized spacial score (nSPS) is 24.3. The molecule has 2 aromatic carbocycles. The van der Waals surface area contributed by atoms with E-state index in [4.69, 9.17) is 9.47 Å². The summed E-state index contributed by atoms with van der Waals surface area (Å²) in [6.07, 6.45) is 4.60. The number of para-hydroxylation sites is 1. The molecule has 3 atom stereocenters. The molecule has 0 bridgehead atoms. The van der Waals surface area contributed by atoms with E-state index in [9.17, 15) is 20.0 Å². The molecule has 0 amide bonds. The first-order valence-corrected chi connectivity index (χ1v) is 10.7. The van der Waals surface area contributed by atoms with E-state index >= 15 is 0 Å². The quantitative estimate of drug-likeness (QED) is 0.463. The van der Waals surface area contributed by atoms with Gasteiger partial charge in [0.05, 0.1) is 12.0 Å². The van der Waals surface area contributed by atoms with Crippen molar-refractivity contribution in [1.82, 2.24) is 0 Å². The number of hydrogen-bond acceptors (Lipinski definition) is 5. The Bertz CT molecular complexity index is 1100. The van der Waals surface area contributed by atoms with Crippen LogP contribution < -0.4 is 4.74 Å². The number of nitrogens with zero attached hydrogens (tertiary/aromatic N) is 1. The van der Waals surface area contributed by atoms with Gasteiger partial charge in [-0.25, -0.2) is 4.79 Å². The fraction of sp³-hybridized carbons (Fsp3) is 0.346. The van der Waals surface area contributed by atoms with Gasteiger partial charge in [0.1, 0.15) is 23.0 Å². The van der Waals surface area contributed by atoms with Crippen LogP contribution in [0.4, 0.5) is 0 Å². The van der Waals surface area contributed by atoms with E-state index in [1.807, 2.05) is 44.2 Å². The van der Waals surface area contributed by atoms with Gasteiger partial charge >= 0.3 is 11.9 Å². The van der Waals surface area contributed by atoms with Crippen LogP contribution in [0.2, 0.25) is 0 Å². The van der Waals surface area contributed by atoms with Gasteiger partial charge in [0, 0.05) is 12.0 Å². The number of aliphatic carboxylic acids is 1. The van der Waals surface area contributed by atoms with Gasteiger partial charge in [-0.05, 0) is 48.1 Å². The summed E-state index contributed by atoms with van der Waals surface area (Å²) in [5, 5.41) is 20.3. The number of rotatable bonds is 8. The zero-order valence-electron chi connectivity index (χ0n) is 18.0. The van der Waals surface area contributed by atoms with Crippen molar-refractivity contribution in [3.8, 4) is 17.6 Å². The molecule has 32 heavy (non-hydrogen) atoms. The zero-order chi connectivity index (χ0) is 22.9. The SMILES string of the molecule is CC1(C)[C@H](/C=C\C(=O)OC2CC2)[C@@]1(C(=O)O)[C@@H](C#N)c1cccc(Oc2ccccc2)c1. The van der Waals surface area contributed by atoms with Gasteiger partial charge in [-0.2, -0.15) is 5.26 Å². The lowest BCUT2D eigenvalue weighted by atomic mass is 9.78. The van der Waals surface area contributed by atoms with E-state index in [1.54, 1.807) is 30.3 Å². The Morgan fingerprint density at radius 1 is 1.12 bits per heavy atom. The lowest BCUT2D eigenvalue weighted by Gasteiger charge is -2.22. The number of ether oxygens (including phenoxy) is 2. The number of benzene rings is 2. The number of carbonyl (C=O) groups is 2. The number of carbonyl (C=O) groups excluding carboxylic acids is 1. The number of nitriles is 1. The molecule has 4 rings (SSSR count).